The largest absolute Gasteiger partial charge is 0.392 e. The Morgan fingerprint density at radius 1 is 1.33 bits per heavy atom. The summed E-state index contributed by atoms with van der Waals surface area (Å²) in [6, 6.07) is 0.681. The lowest BCUT2D eigenvalue weighted by molar-refractivity contribution is 0.124. The third kappa shape index (κ3) is 3.55. The number of hydrogen-bond acceptors (Lipinski definition) is 2. The number of rotatable bonds is 4. The van der Waals surface area contributed by atoms with Crippen LogP contribution in [-0.2, 0) is 0 Å². The minimum absolute atomic E-state index is 0.0903. The van der Waals surface area contributed by atoms with Crippen molar-refractivity contribution in [1.29, 1.82) is 0 Å². The first-order chi connectivity index (χ1) is 5.83. The summed E-state index contributed by atoms with van der Waals surface area (Å²) in [4.78, 5) is 0. The highest BCUT2D eigenvalue weighted by atomic mass is 16.3. The fraction of sp³-hybridized carbons (Fsp3) is 1.00. The Morgan fingerprint density at radius 3 is 2.75 bits per heavy atom. The Labute approximate surface area is 75.4 Å². The summed E-state index contributed by atoms with van der Waals surface area (Å²) in [6.45, 7) is 3.04. The maximum atomic E-state index is 9.24. The van der Waals surface area contributed by atoms with Crippen molar-refractivity contribution in [2.24, 2.45) is 0 Å². The van der Waals surface area contributed by atoms with Gasteiger partial charge in [0.2, 0.25) is 0 Å². The summed E-state index contributed by atoms with van der Waals surface area (Å²) < 4.78 is 0. The van der Waals surface area contributed by atoms with Crippen molar-refractivity contribution in [3.8, 4) is 0 Å². The first-order valence-corrected chi connectivity index (χ1v) is 5.24. The van der Waals surface area contributed by atoms with Gasteiger partial charge in [-0.05, 0) is 19.3 Å². The number of aliphatic hydroxyl groups excluding tert-OH is 1. The van der Waals surface area contributed by atoms with Gasteiger partial charge >= 0.3 is 0 Å². The normalized spacial score (nSPS) is 30.5. The van der Waals surface area contributed by atoms with E-state index in [4.69, 9.17) is 0 Å². The van der Waals surface area contributed by atoms with Crippen LogP contribution < -0.4 is 5.32 Å². The average Bonchev–Trinajstić information content (AvgIpc) is 2.09. The molecule has 0 aromatic carbocycles. The van der Waals surface area contributed by atoms with Crippen molar-refractivity contribution >= 4 is 0 Å². The zero-order chi connectivity index (χ0) is 8.81. The van der Waals surface area contributed by atoms with Crippen molar-refractivity contribution in [2.75, 3.05) is 6.54 Å². The molecule has 1 saturated heterocycles. The van der Waals surface area contributed by atoms with Crippen molar-refractivity contribution < 1.29 is 5.11 Å². The minimum atomic E-state index is -0.0903. The van der Waals surface area contributed by atoms with Gasteiger partial charge in [0, 0.05) is 12.6 Å². The predicted octanol–water partition coefficient (Wildman–Crippen LogP) is 1.68. The van der Waals surface area contributed by atoms with Gasteiger partial charge < -0.3 is 10.4 Å². The molecule has 0 radical (unpaired) electrons. The molecule has 0 bridgehead atoms. The standard InChI is InChI=1S/C10H21NO/c1-2-3-4-5-9-6-7-10(12)8-11-9/h9-12H,2-8H2,1H3/t9-,10+/m1/s1. The van der Waals surface area contributed by atoms with Crippen LogP contribution in [0, 0.1) is 0 Å². The smallest absolute Gasteiger partial charge is 0.0665 e. The fourth-order valence-electron chi connectivity index (χ4n) is 1.79. The topological polar surface area (TPSA) is 32.3 Å². The van der Waals surface area contributed by atoms with Gasteiger partial charge in [0.05, 0.1) is 6.10 Å². The van der Waals surface area contributed by atoms with E-state index in [1.807, 2.05) is 0 Å². The lowest BCUT2D eigenvalue weighted by Crippen LogP contribution is -2.41. The molecule has 0 amide bonds. The van der Waals surface area contributed by atoms with Crippen molar-refractivity contribution in [3.63, 3.8) is 0 Å². The van der Waals surface area contributed by atoms with E-state index in [1.54, 1.807) is 0 Å². The number of unbranched alkanes of at least 4 members (excludes halogenated alkanes) is 2. The van der Waals surface area contributed by atoms with Crippen LogP contribution in [0.3, 0.4) is 0 Å². The van der Waals surface area contributed by atoms with Gasteiger partial charge in [-0.2, -0.15) is 0 Å². The second-order valence-electron chi connectivity index (χ2n) is 3.83. The molecule has 2 N–H and O–H groups in total. The van der Waals surface area contributed by atoms with E-state index in [9.17, 15) is 5.11 Å². The summed E-state index contributed by atoms with van der Waals surface area (Å²) in [5.74, 6) is 0. The molecule has 0 unspecified atom stereocenters. The van der Waals surface area contributed by atoms with Gasteiger partial charge in [-0.15, -0.1) is 0 Å². The van der Waals surface area contributed by atoms with Crippen LogP contribution in [0.15, 0.2) is 0 Å². The van der Waals surface area contributed by atoms with E-state index in [-0.39, 0.29) is 6.10 Å². The number of piperidine rings is 1. The number of aliphatic hydroxyl groups is 1. The van der Waals surface area contributed by atoms with Crippen LogP contribution >= 0.6 is 0 Å². The molecule has 1 aliphatic rings. The molecule has 1 heterocycles. The molecule has 2 heteroatoms. The predicted molar refractivity (Wildman–Crippen MR) is 51.2 cm³/mol. The molecule has 2 atom stereocenters. The maximum absolute atomic E-state index is 9.24. The second-order valence-corrected chi connectivity index (χ2v) is 3.83. The van der Waals surface area contributed by atoms with Crippen molar-refractivity contribution in [3.05, 3.63) is 0 Å². The number of hydrogen-bond donors (Lipinski definition) is 2. The van der Waals surface area contributed by atoms with Gasteiger partial charge in [0.25, 0.3) is 0 Å². The van der Waals surface area contributed by atoms with Crippen LogP contribution in [-0.4, -0.2) is 23.8 Å². The van der Waals surface area contributed by atoms with Gasteiger partial charge in [-0.25, -0.2) is 0 Å². The molecule has 1 fully saturated rings. The van der Waals surface area contributed by atoms with Crippen LogP contribution in [0.4, 0.5) is 0 Å². The molecule has 0 aromatic heterocycles. The lowest BCUT2D eigenvalue weighted by Gasteiger charge is -2.26. The van der Waals surface area contributed by atoms with E-state index < -0.39 is 0 Å². The Balaban J connectivity index is 2.01. The quantitative estimate of drug-likeness (QED) is 0.631. The van der Waals surface area contributed by atoms with Crippen LogP contribution in [0.2, 0.25) is 0 Å². The first kappa shape index (κ1) is 10.0. The highest BCUT2D eigenvalue weighted by Crippen LogP contribution is 2.13. The molecular weight excluding hydrogens is 150 g/mol. The Hall–Kier alpha value is -0.0800. The maximum Gasteiger partial charge on any atom is 0.0665 e. The molecule has 1 rings (SSSR count). The molecule has 12 heavy (non-hydrogen) atoms. The van der Waals surface area contributed by atoms with E-state index in [0.717, 1.165) is 19.4 Å². The molecule has 0 saturated carbocycles. The van der Waals surface area contributed by atoms with Crippen LogP contribution in [0.5, 0.6) is 0 Å². The van der Waals surface area contributed by atoms with E-state index in [1.165, 1.54) is 25.7 Å². The molecule has 1 aliphatic heterocycles. The highest BCUT2D eigenvalue weighted by molar-refractivity contribution is 4.76. The van der Waals surface area contributed by atoms with E-state index in [2.05, 4.69) is 12.2 Å². The van der Waals surface area contributed by atoms with Crippen LogP contribution in [0.1, 0.15) is 45.4 Å². The summed E-state index contributed by atoms with van der Waals surface area (Å²) in [7, 11) is 0. The lowest BCUT2D eigenvalue weighted by atomic mass is 9.98. The average molecular weight is 171 g/mol. The molecule has 2 nitrogen and oxygen atoms in total. The fourth-order valence-corrected chi connectivity index (χ4v) is 1.79. The summed E-state index contributed by atoms with van der Waals surface area (Å²) in [6.07, 6.45) is 7.34. The summed E-state index contributed by atoms with van der Waals surface area (Å²) in [5, 5.41) is 12.6. The van der Waals surface area contributed by atoms with Gasteiger partial charge in [0.15, 0.2) is 0 Å². The minimum Gasteiger partial charge on any atom is -0.392 e. The number of nitrogens with one attached hydrogen (secondary N) is 1. The van der Waals surface area contributed by atoms with Crippen molar-refractivity contribution in [2.45, 2.75) is 57.6 Å². The molecule has 0 aromatic rings. The second kappa shape index (κ2) is 5.55. The highest BCUT2D eigenvalue weighted by Gasteiger charge is 2.17. The van der Waals surface area contributed by atoms with E-state index >= 15 is 0 Å². The third-order valence-corrected chi connectivity index (χ3v) is 2.65. The van der Waals surface area contributed by atoms with Gasteiger partial charge in [-0.3, -0.25) is 0 Å². The molecule has 72 valence electrons. The SMILES string of the molecule is CCCCC[C@@H]1CC[C@H](O)CN1. The van der Waals surface area contributed by atoms with Gasteiger partial charge in [-0.1, -0.05) is 26.2 Å². The first-order valence-electron chi connectivity index (χ1n) is 5.24. The number of β-amino-alcohol motifs (C(OH)–C–C–N with tert-alkyl or cyclic N) is 1. The molecule has 0 aliphatic carbocycles. The Kier molecular flexibility index (Phi) is 4.62. The van der Waals surface area contributed by atoms with Crippen LogP contribution in [0.25, 0.3) is 0 Å². The summed E-state index contributed by atoms with van der Waals surface area (Å²) >= 11 is 0. The zero-order valence-electron chi connectivity index (χ0n) is 8.05. The monoisotopic (exact) mass is 171 g/mol. The van der Waals surface area contributed by atoms with E-state index in [0.29, 0.717) is 6.04 Å². The zero-order valence-corrected chi connectivity index (χ0v) is 8.05. The molecular formula is C10H21NO. The third-order valence-electron chi connectivity index (χ3n) is 2.65. The molecule has 0 spiro atoms. The Morgan fingerprint density at radius 2 is 2.17 bits per heavy atom. The van der Waals surface area contributed by atoms with Crippen molar-refractivity contribution in [1.82, 2.24) is 5.32 Å². The van der Waals surface area contributed by atoms with Gasteiger partial charge in [0.1, 0.15) is 0 Å². The summed E-state index contributed by atoms with van der Waals surface area (Å²) in [5.41, 5.74) is 0. The Bertz CT molecular complexity index is 108.